The third kappa shape index (κ3) is 4.61. The number of thioether (sulfide) groups is 1. The van der Waals surface area contributed by atoms with Gasteiger partial charge in [-0.1, -0.05) is 23.9 Å². The van der Waals surface area contributed by atoms with E-state index in [9.17, 15) is 9.59 Å². The van der Waals surface area contributed by atoms with Crippen LogP contribution in [0.5, 0.6) is 0 Å². The molecular formula is C21H22N4O2S. The number of carbonyl (C=O) groups excluding carboxylic acids is 2. The van der Waals surface area contributed by atoms with Crippen LogP contribution < -0.4 is 10.6 Å². The fourth-order valence-electron chi connectivity index (χ4n) is 2.68. The summed E-state index contributed by atoms with van der Waals surface area (Å²) in [6.45, 7) is 4.15. The summed E-state index contributed by atoms with van der Waals surface area (Å²) in [4.78, 5) is 28.4. The van der Waals surface area contributed by atoms with Crippen molar-refractivity contribution >= 4 is 29.3 Å². The van der Waals surface area contributed by atoms with Crippen LogP contribution in [0.1, 0.15) is 21.5 Å². The molecule has 3 aromatic rings. The molecule has 0 radical (unpaired) electrons. The van der Waals surface area contributed by atoms with E-state index in [0.717, 1.165) is 10.8 Å². The molecule has 28 heavy (non-hydrogen) atoms. The van der Waals surface area contributed by atoms with Crippen molar-refractivity contribution in [2.24, 2.45) is 0 Å². The van der Waals surface area contributed by atoms with E-state index >= 15 is 0 Å². The summed E-state index contributed by atoms with van der Waals surface area (Å²) in [5.74, 6) is -0.138. The van der Waals surface area contributed by atoms with Gasteiger partial charge >= 0.3 is 0 Å². The second kappa shape index (κ2) is 8.75. The lowest BCUT2D eigenvalue weighted by Crippen LogP contribution is -2.19. The van der Waals surface area contributed by atoms with Crippen molar-refractivity contribution < 1.29 is 9.59 Å². The Morgan fingerprint density at radius 2 is 1.93 bits per heavy atom. The van der Waals surface area contributed by atoms with Gasteiger partial charge in [0.15, 0.2) is 5.16 Å². The van der Waals surface area contributed by atoms with E-state index in [4.69, 9.17) is 0 Å². The Balaban J connectivity index is 1.65. The molecule has 0 atom stereocenters. The van der Waals surface area contributed by atoms with Gasteiger partial charge in [-0.3, -0.25) is 14.2 Å². The summed E-state index contributed by atoms with van der Waals surface area (Å²) >= 11 is 1.36. The van der Waals surface area contributed by atoms with Crippen molar-refractivity contribution in [3.8, 4) is 5.69 Å². The lowest BCUT2D eigenvalue weighted by Gasteiger charge is -2.10. The van der Waals surface area contributed by atoms with Crippen LogP contribution >= 0.6 is 11.8 Å². The summed E-state index contributed by atoms with van der Waals surface area (Å²) < 4.78 is 1.97. The third-order valence-corrected chi connectivity index (χ3v) is 5.31. The predicted molar refractivity (Wildman–Crippen MR) is 112 cm³/mol. The number of imidazole rings is 1. The lowest BCUT2D eigenvalue weighted by atomic mass is 10.1. The Labute approximate surface area is 168 Å². The molecule has 0 unspecified atom stereocenters. The lowest BCUT2D eigenvalue weighted by molar-refractivity contribution is -0.113. The molecule has 6 nitrogen and oxygen atoms in total. The zero-order chi connectivity index (χ0) is 20.1. The van der Waals surface area contributed by atoms with Gasteiger partial charge in [-0.05, 0) is 55.3 Å². The van der Waals surface area contributed by atoms with Gasteiger partial charge in [0, 0.05) is 36.4 Å². The number of hydrogen-bond acceptors (Lipinski definition) is 4. The van der Waals surface area contributed by atoms with Crippen LogP contribution in [-0.2, 0) is 4.79 Å². The van der Waals surface area contributed by atoms with Gasteiger partial charge in [0.25, 0.3) is 5.91 Å². The molecule has 144 valence electrons. The first-order valence-electron chi connectivity index (χ1n) is 8.83. The normalized spacial score (nSPS) is 10.5. The molecule has 2 N–H and O–H groups in total. The van der Waals surface area contributed by atoms with Crippen molar-refractivity contribution in [1.82, 2.24) is 14.9 Å². The standard InChI is InChI=1S/C21H22N4O2S/c1-14-7-8-18(11-15(14)2)25-10-9-23-21(25)28-13-19(26)24-17-6-4-5-16(12-17)20(27)22-3/h4-12H,13H2,1-3H3,(H,22,27)(H,24,26). The smallest absolute Gasteiger partial charge is 0.251 e. The first-order valence-corrected chi connectivity index (χ1v) is 9.82. The van der Waals surface area contributed by atoms with Gasteiger partial charge in [0.1, 0.15) is 0 Å². The maximum absolute atomic E-state index is 12.3. The van der Waals surface area contributed by atoms with Crippen molar-refractivity contribution in [3.63, 3.8) is 0 Å². The highest BCUT2D eigenvalue weighted by Crippen LogP contribution is 2.22. The van der Waals surface area contributed by atoms with Crippen molar-refractivity contribution in [1.29, 1.82) is 0 Å². The molecule has 3 rings (SSSR count). The molecule has 2 amide bonds. The van der Waals surface area contributed by atoms with Gasteiger partial charge in [0.05, 0.1) is 5.75 Å². The van der Waals surface area contributed by atoms with Crippen molar-refractivity contribution in [2.75, 3.05) is 18.1 Å². The van der Waals surface area contributed by atoms with E-state index in [2.05, 4.69) is 41.6 Å². The first-order chi connectivity index (χ1) is 13.5. The zero-order valence-corrected chi connectivity index (χ0v) is 16.8. The zero-order valence-electron chi connectivity index (χ0n) is 16.0. The minimum absolute atomic E-state index is 0.159. The van der Waals surface area contributed by atoms with E-state index in [-0.39, 0.29) is 17.6 Å². The number of carbonyl (C=O) groups is 2. The summed E-state index contributed by atoms with van der Waals surface area (Å²) in [6.07, 6.45) is 3.61. The number of nitrogens with zero attached hydrogens (tertiary/aromatic N) is 2. The molecule has 1 heterocycles. The average Bonchev–Trinajstić information content (AvgIpc) is 3.16. The molecular weight excluding hydrogens is 372 g/mol. The van der Waals surface area contributed by atoms with Crippen LogP contribution in [0.2, 0.25) is 0 Å². The number of rotatable bonds is 6. The number of anilines is 1. The number of benzene rings is 2. The van der Waals surface area contributed by atoms with Crippen LogP contribution in [0, 0.1) is 13.8 Å². The van der Waals surface area contributed by atoms with E-state index < -0.39 is 0 Å². The highest BCUT2D eigenvalue weighted by molar-refractivity contribution is 7.99. The molecule has 0 aliphatic heterocycles. The monoisotopic (exact) mass is 394 g/mol. The highest BCUT2D eigenvalue weighted by atomic mass is 32.2. The maximum atomic E-state index is 12.3. The number of aryl methyl sites for hydroxylation is 2. The second-order valence-electron chi connectivity index (χ2n) is 6.35. The molecule has 0 saturated carbocycles. The van der Waals surface area contributed by atoms with Crippen LogP contribution in [0.25, 0.3) is 5.69 Å². The number of nitrogens with one attached hydrogen (secondary N) is 2. The quantitative estimate of drug-likeness (QED) is 0.627. The minimum Gasteiger partial charge on any atom is -0.355 e. The second-order valence-corrected chi connectivity index (χ2v) is 7.29. The van der Waals surface area contributed by atoms with Crippen LogP contribution in [0.4, 0.5) is 5.69 Å². The molecule has 2 aromatic carbocycles. The fourth-order valence-corrected chi connectivity index (χ4v) is 3.45. The molecule has 7 heteroatoms. The summed E-state index contributed by atoms with van der Waals surface area (Å²) in [7, 11) is 1.57. The Morgan fingerprint density at radius 1 is 1.11 bits per heavy atom. The van der Waals surface area contributed by atoms with Crippen LogP contribution in [-0.4, -0.2) is 34.2 Å². The molecule has 0 fully saturated rings. The molecule has 0 bridgehead atoms. The van der Waals surface area contributed by atoms with E-state index in [1.165, 1.54) is 22.9 Å². The van der Waals surface area contributed by atoms with Gasteiger partial charge in [-0.25, -0.2) is 4.98 Å². The summed E-state index contributed by atoms with van der Waals surface area (Å²) in [5.41, 5.74) is 4.54. The largest absolute Gasteiger partial charge is 0.355 e. The van der Waals surface area contributed by atoms with Gasteiger partial charge in [-0.15, -0.1) is 0 Å². The van der Waals surface area contributed by atoms with E-state index in [1.807, 2.05) is 16.8 Å². The number of hydrogen-bond donors (Lipinski definition) is 2. The molecule has 1 aromatic heterocycles. The highest BCUT2D eigenvalue weighted by Gasteiger charge is 2.11. The van der Waals surface area contributed by atoms with Gasteiger partial charge in [-0.2, -0.15) is 0 Å². The van der Waals surface area contributed by atoms with Crippen molar-refractivity contribution in [2.45, 2.75) is 19.0 Å². The Kier molecular flexibility index (Phi) is 6.16. The van der Waals surface area contributed by atoms with Crippen molar-refractivity contribution in [3.05, 3.63) is 71.5 Å². The predicted octanol–water partition coefficient (Wildman–Crippen LogP) is 3.58. The fraction of sp³-hybridized carbons (Fsp3) is 0.190. The van der Waals surface area contributed by atoms with Crippen LogP contribution in [0.15, 0.2) is 60.0 Å². The Morgan fingerprint density at radius 3 is 2.68 bits per heavy atom. The van der Waals surface area contributed by atoms with Gasteiger partial charge < -0.3 is 10.6 Å². The molecule has 0 spiro atoms. The van der Waals surface area contributed by atoms with E-state index in [1.54, 1.807) is 37.5 Å². The first kappa shape index (κ1) is 19.7. The SMILES string of the molecule is CNC(=O)c1cccc(NC(=O)CSc2nccn2-c2ccc(C)c(C)c2)c1. The van der Waals surface area contributed by atoms with Gasteiger partial charge in [0.2, 0.25) is 5.91 Å². The summed E-state index contributed by atoms with van der Waals surface area (Å²) in [6, 6.07) is 13.1. The van der Waals surface area contributed by atoms with E-state index in [0.29, 0.717) is 11.3 Å². The average molecular weight is 395 g/mol. The number of aromatic nitrogens is 2. The summed E-state index contributed by atoms with van der Waals surface area (Å²) in [5, 5.41) is 6.14. The molecule has 0 saturated heterocycles. The Hall–Kier alpha value is -3.06. The molecule has 0 aliphatic carbocycles. The maximum Gasteiger partial charge on any atom is 0.251 e. The minimum atomic E-state index is -0.194. The van der Waals surface area contributed by atoms with Crippen LogP contribution in [0.3, 0.4) is 0 Å². The topological polar surface area (TPSA) is 76.0 Å². The Bertz CT molecular complexity index is 1010. The number of amides is 2. The molecule has 0 aliphatic rings. The third-order valence-electron chi connectivity index (χ3n) is 4.34.